The summed E-state index contributed by atoms with van der Waals surface area (Å²) in [4.78, 5) is 0. The van der Waals surface area contributed by atoms with Crippen LogP contribution >= 0.6 is 0 Å². The molecule has 0 amide bonds. The van der Waals surface area contributed by atoms with Gasteiger partial charge in [0.1, 0.15) is 5.82 Å². The molecule has 2 N–H and O–H groups in total. The third-order valence-corrected chi connectivity index (χ3v) is 3.98. The number of hydrogen-bond acceptors (Lipinski definition) is 2. The molecule has 100 valence electrons. The molecular weight excluding hydrogens is 229 g/mol. The van der Waals surface area contributed by atoms with E-state index in [0.29, 0.717) is 11.7 Å². The number of halogens is 1. The van der Waals surface area contributed by atoms with Crippen molar-refractivity contribution in [2.45, 2.75) is 50.7 Å². The van der Waals surface area contributed by atoms with Crippen molar-refractivity contribution in [3.05, 3.63) is 35.6 Å². The molecule has 0 aromatic heterocycles. The van der Waals surface area contributed by atoms with Gasteiger partial charge in [-0.2, -0.15) is 0 Å². The van der Waals surface area contributed by atoms with E-state index in [1.807, 2.05) is 13.0 Å². The van der Waals surface area contributed by atoms with Gasteiger partial charge < -0.3 is 10.5 Å². The lowest BCUT2D eigenvalue weighted by Gasteiger charge is -2.30. The van der Waals surface area contributed by atoms with Crippen LogP contribution in [0.15, 0.2) is 24.3 Å². The van der Waals surface area contributed by atoms with E-state index in [2.05, 4.69) is 0 Å². The molecule has 2 atom stereocenters. The number of nitrogens with two attached hydrogens (primary N) is 1. The van der Waals surface area contributed by atoms with Crippen molar-refractivity contribution >= 4 is 0 Å². The van der Waals surface area contributed by atoms with Crippen LogP contribution in [-0.4, -0.2) is 12.7 Å². The first-order valence-electron chi connectivity index (χ1n) is 6.81. The maximum atomic E-state index is 13.9. The molecule has 1 aromatic rings. The van der Waals surface area contributed by atoms with E-state index in [9.17, 15) is 4.39 Å². The summed E-state index contributed by atoms with van der Waals surface area (Å²) >= 11 is 0. The molecule has 1 aromatic carbocycles. The lowest BCUT2D eigenvalue weighted by atomic mass is 9.83. The van der Waals surface area contributed by atoms with Crippen molar-refractivity contribution in [2.24, 2.45) is 5.73 Å². The van der Waals surface area contributed by atoms with Crippen molar-refractivity contribution in [3.8, 4) is 0 Å². The summed E-state index contributed by atoms with van der Waals surface area (Å²) in [6, 6.07) is 6.84. The minimum atomic E-state index is -0.572. The van der Waals surface area contributed by atoms with Gasteiger partial charge in [0.05, 0.1) is 6.10 Å². The average molecular weight is 251 g/mol. The maximum absolute atomic E-state index is 13.9. The molecule has 1 aliphatic heterocycles. The minimum Gasteiger partial charge on any atom is -0.378 e. The number of benzene rings is 1. The van der Waals surface area contributed by atoms with Crippen molar-refractivity contribution in [1.29, 1.82) is 0 Å². The van der Waals surface area contributed by atoms with Crippen LogP contribution in [-0.2, 0) is 10.3 Å². The summed E-state index contributed by atoms with van der Waals surface area (Å²) in [5.74, 6) is -0.200. The van der Waals surface area contributed by atoms with Gasteiger partial charge in [-0.15, -0.1) is 0 Å². The molecule has 0 radical (unpaired) electrons. The first-order valence-corrected chi connectivity index (χ1v) is 6.81. The second kappa shape index (κ2) is 5.81. The van der Waals surface area contributed by atoms with Crippen LogP contribution in [0.25, 0.3) is 0 Å². The van der Waals surface area contributed by atoms with Crippen LogP contribution in [0.1, 0.15) is 44.6 Å². The first kappa shape index (κ1) is 13.5. The summed E-state index contributed by atoms with van der Waals surface area (Å²) in [6.07, 6.45) is 4.98. The van der Waals surface area contributed by atoms with Gasteiger partial charge in [0.15, 0.2) is 0 Å². The van der Waals surface area contributed by atoms with Crippen molar-refractivity contribution < 1.29 is 9.13 Å². The van der Waals surface area contributed by atoms with Gasteiger partial charge >= 0.3 is 0 Å². The quantitative estimate of drug-likeness (QED) is 0.871. The molecule has 2 unspecified atom stereocenters. The number of rotatable bonds is 5. The van der Waals surface area contributed by atoms with Crippen LogP contribution in [0.2, 0.25) is 0 Å². The third-order valence-electron chi connectivity index (χ3n) is 3.98. The van der Waals surface area contributed by atoms with Crippen LogP contribution in [0.5, 0.6) is 0 Å². The summed E-state index contributed by atoms with van der Waals surface area (Å²) in [6.45, 7) is 2.87. The van der Waals surface area contributed by atoms with E-state index in [1.165, 1.54) is 6.07 Å². The van der Waals surface area contributed by atoms with Crippen molar-refractivity contribution in [3.63, 3.8) is 0 Å². The zero-order valence-corrected chi connectivity index (χ0v) is 11.0. The zero-order valence-electron chi connectivity index (χ0n) is 11.0. The maximum Gasteiger partial charge on any atom is 0.128 e. The second-order valence-electron chi connectivity index (χ2n) is 5.16. The van der Waals surface area contributed by atoms with E-state index < -0.39 is 5.54 Å². The van der Waals surface area contributed by atoms with E-state index in [-0.39, 0.29) is 5.82 Å². The fourth-order valence-corrected chi connectivity index (χ4v) is 2.66. The number of hydrogen-bond donors (Lipinski definition) is 1. The van der Waals surface area contributed by atoms with Crippen LogP contribution < -0.4 is 5.73 Å². The van der Waals surface area contributed by atoms with Gasteiger partial charge in [-0.3, -0.25) is 0 Å². The van der Waals surface area contributed by atoms with Crippen molar-refractivity contribution in [2.75, 3.05) is 6.61 Å². The summed E-state index contributed by atoms with van der Waals surface area (Å²) in [5.41, 5.74) is 6.46. The monoisotopic (exact) mass is 251 g/mol. The molecule has 18 heavy (non-hydrogen) atoms. The number of ether oxygens (including phenoxy) is 1. The highest BCUT2D eigenvalue weighted by molar-refractivity contribution is 5.25. The Labute approximate surface area is 108 Å². The van der Waals surface area contributed by atoms with Gasteiger partial charge in [0.25, 0.3) is 0 Å². The molecular formula is C15H22FNO. The molecule has 0 aliphatic carbocycles. The van der Waals surface area contributed by atoms with Gasteiger partial charge in [-0.1, -0.05) is 25.1 Å². The third kappa shape index (κ3) is 2.90. The Hall–Kier alpha value is -0.930. The molecule has 1 heterocycles. The molecule has 1 saturated heterocycles. The first-order chi connectivity index (χ1) is 8.65. The van der Waals surface area contributed by atoms with E-state index >= 15 is 0 Å². The Morgan fingerprint density at radius 2 is 2.22 bits per heavy atom. The predicted molar refractivity (Wildman–Crippen MR) is 70.8 cm³/mol. The fraction of sp³-hybridized carbons (Fsp3) is 0.600. The molecule has 0 bridgehead atoms. The van der Waals surface area contributed by atoms with Gasteiger partial charge in [-0.05, 0) is 38.2 Å². The summed E-state index contributed by atoms with van der Waals surface area (Å²) in [5, 5.41) is 0. The SMILES string of the molecule is CCC(N)(CCC1CCCO1)c1ccccc1F. The van der Waals surface area contributed by atoms with E-state index in [4.69, 9.17) is 10.5 Å². The lowest BCUT2D eigenvalue weighted by molar-refractivity contribution is 0.0950. The Bertz CT molecular complexity index is 390. The summed E-state index contributed by atoms with van der Waals surface area (Å²) in [7, 11) is 0. The molecule has 3 heteroatoms. The molecule has 1 aliphatic rings. The molecule has 0 saturated carbocycles. The summed E-state index contributed by atoms with van der Waals surface area (Å²) < 4.78 is 19.5. The van der Waals surface area contributed by atoms with Gasteiger partial charge in [-0.25, -0.2) is 4.39 Å². The zero-order chi connectivity index (χ0) is 13.0. The molecule has 1 fully saturated rings. The van der Waals surface area contributed by atoms with Crippen LogP contribution in [0.3, 0.4) is 0 Å². The van der Waals surface area contributed by atoms with E-state index in [0.717, 1.165) is 38.7 Å². The highest BCUT2D eigenvalue weighted by Crippen LogP contribution is 2.31. The van der Waals surface area contributed by atoms with Crippen molar-refractivity contribution in [1.82, 2.24) is 0 Å². The Kier molecular flexibility index (Phi) is 4.36. The van der Waals surface area contributed by atoms with Crippen LogP contribution in [0, 0.1) is 5.82 Å². The van der Waals surface area contributed by atoms with Gasteiger partial charge in [0, 0.05) is 17.7 Å². The van der Waals surface area contributed by atoms with Crippen LogP contribution in [0.4, 0.5) is 4.39 Å². The molecule has 2 rings (SSSR count). The molecule has 2 nitrogen and oxygen atoms in total. The Balaban J connectivity index is 2.07. The van der Waals surface area contributed by atoms with Gasteiger partial charge in [0.2, 0.25) is 0 Å². The molecule has 0 spiro atoms. The average Bonchev–Trinajstić information content (AvgIpc) is 2.90. The minimum absolute atomic E-state index is 0.200. The lowest BCUT2D eigenvalue weighted by Crippen LogP contribution is -2.37. The fourth-order valence-electron chi connectivity index (χ4n) is 2.66. The highest BCUT2D eigenvalue weighted by atomic mass is 19.1. The smallest absolute Gasteiger partial charge is 0.128 e. The topological polar surface area (TPSA) is 35.2 Å². The largest absolute Gasteiger partial charge is 0.378 e. The second-order valence-corrected chi connectivity index (χ2v) is 5.16. The Morgan fingerprint density at radius 1 is 1.44 bits per heavy atom. The highest BCUT2D eigenvalue weighted by Gasteiger charge is 2.29. The predicted octanol–water partition coefficient (Wildman–Crippen LogP) is 3.35. The Morgan fingerprint density at radius 3 is 2.83 bits per heavy atom. The van der Waals surface area contributed by atoms with E-state index in [1.54, 1.807) is 12.1 Å². The standard InChI is InChI=1S/C15H22FNO/c1-2-15(17,10-9-12-6-5-11-18-12)13-7-3-4-8-14(13)16/h3-4,7-8,12H,2,5-6,9-11,17H2,1H3. The normalized spacial score (nSPS) is 22.9.